The van der Waals surface area contributed by atoms with Gasteiger partial charge in [-0.05, 0) is 99.0 Å². The monoisotopic (exact) mass is 595 g/mol. The van der Waals surface area contributed by atoms with Crippen molar-refractivity contribution in [3.8, 4) is 34.4 Å². The normalized spacial score (nSPS) is 19.8. The second-order valence-electron chi connectivity index (χ2n) is 12.2. The Bertz CT molecular complexity index is 1440. The van der Waals surface area contributed by atoms with Gasteiger partial charge in [0.25, 0.3) is 0 Å². The predicted molar refractivity (Wildman–Crippen MR) is 173 cm³/mol. The number of ether oxygens (including phenoxy) is 3. The van der Waals surface area contributed by atoms with Crippen LogP contribution in [0.2, 0.25) is 0 Å². The highest BCUT2D eigenvalue weighted by Gasteiger charge is 2.44. The smallest absolute Gasteiger partial charge is 0.222 e. The molecule has 7 nitrogen and oxygen atoms in total. The van der Waals surface area contributed by atoms with Crippen LogP contribution in [0, 0.1) is 23.2 Å². The van der Waals surface area contributed by atoms with E-state index in [1.165, 1.54) is 12.8 Å². The standard InChI is InChI=1S/C37H45N3O4/c1-5-9-36(41)40-24-29-17-18-30(25-40)37(29)39(2)21-8-12-32(27-15-13-26(23-38)14-16-27)44-33-11-7-6-10-31(33)28-19-20-34(42-3)35(22-28)43-4/h6-7,10-11,13-16,19-20,22,29-30,32,37H,5,8-9,12,17-18,21,24-25H2,1-4H3. The van der Waals surface area contributed by atoms with Crippen molar-refractivity contribution in [1.29, 1.82) is 5.26 Å². The highest BCUT2D eigenvalue weighted by Crippen LogP contribution is 2.41. The first kappa shape index (κ1) is 31.4. The summed E-state index contributed by atoms with van der Waals surface area (Å²) in [7, 11) is 5.53. The number of benzene rings is 3. The number of likely N-dealkylation sites (tertiary alicyclic amines) is 1. The van der Waals surface area contributed by atoms with Gasteiger partial charge in [0.05, 0.1) is 25.9 Å². The van der Waals surface area contributed by atoms with Crippen molar-refractivity contribution < 1.29 is 19.0 Å². The quantitative estimate of drug-likeness (QED) is 0.210. The number of carbonyl (C=O) groups excluding carboxylic acids is 1. The molecule has 2 aliphatic rings. The molecule has 7 heteroatoms. The number of nitriles is 1. The van der Waals surface area contributed by atoms with Crippen LogP contribution in [-0.2, 0) is 4.79 Å². The SMILES string of the molecule is CCCC(=O)N1CC2CCC(C1)C2N(C)CCCC(Oc1ccccc1-c1ccc(OC)c(OC)c1)c1ccc(C#N)cc1. The van der Waals surface area contributed by atoms with Crippen LogP contribution in [0.1, 0.15) is 62.7 Å². The van der Waals surface area contributed by atoms with Crippen LogP contribution in [0.4, 0.5) is 0 Å². The zero-order valence-corrected chi connectivity index (χ0v) is 26.5. The van der Waals surface area contributed by atoms with E-state index in [0.717, 1.165) is 61.3 Å². The van der Waals surface area contributed by atoms with Gasteiger partial charge in [-0.25, -0.2) is 0 Å². The summed E-state index contributed by atoms with van der Waals surface area (Å²) in [6.07, 6.45) is 5.61. The molecule has 0 radical (unpaired) electrons. The fourth-order valence-corrected chi connectivity index (χ4v) is 7.20. The Morgan fingerprint density at radius 3 is 2.34 bits per heavy atom. The van der Waals surface area contributed by atoms with E-state index in [2.05, 4.69) is 35.9 Å². The van der Waals surface area contributed by atoms with Gasteiger partial charge in [0.1, 0.15) is 11.9 Å². The number of carbonyl (C=O) groups is 1. The van der Waals surface area contributed by atoms with Crippen molar-refractivity contribution in [2.45, 2.75) is 57.6 Å². The molecule has 0 aromatic heterocycles. The number of fused-ring (bicyclic) bond motifs is 2. The number of rotatable bonds is 13. The van der Waals surface area contributed by atoms with Crippen LogP contribution < -0.4 is 14.2 Å². The topological polar surface area (TPSA) is 75.0 Å². The van der Waals surface area contributed by atoms with Gasteiger partial charge in [-0.1, -0.05) is 43.3 Å². The maximum absolute atomic E-state index is 12.6. The Balaban J connectivity index is 1.30. The van der Waals surface area contributed by atoms with Crippen molar-refractivity contribution >= 4 is 5.91 Å². The molecule has 1 aliphatic heterocycles. The van der Waals surface area contributed by atoms with Crippen molar-refractivity contribution in [2.75, 3.05) is 40.9 Å². The molecule has 5 rings (SSSR count). The fourth-order valence-electron chi connectivity index (χ4n) is 7.20. The molecule has 3 aromatic rings. The van der Waals surface area contributed by atoms with Crippen LogP contribution in [0.25, 0.3) is 11.1 Å². The summed E-state index contributed by atoms with van der Waals surface area (Å²) in [5.41, 5.74) is 3.65. The number of piperidine rings is 1. The van der Waals surface area contributed by atoms with Crippen LogP contribution in [-0.4, -0.2) is 62.7 Å². The maximum Gasteiger partial charge on any atom is 0.222 e. The molecule has 232 valence electrons. The van der Waals surface area contributed by atoms with Crippen molar-refractivity contribution in [2.24, 2.45) is 11.8 Å². The van der Waals surface area contributed by atoms with E-state index < -0.39 is 0 Å². The summed E-state index contributed by atoms with van der Waals surface area (Å²) >= 11 is 0. The third kappa shape index (κ3) is 7.03. The third-order valence-electron chi connectivity index (χ3n) is 9.35. The van der Waals surface area contributed by atoms with Gasteiger partial charge in [0.2, 0.25) is 5.91 Å². The largest absolute Gasteiger partial charge is 0.493 e. The van der Waals surface area contributed by atoms with Crippen LogP contribution >= 0.6 is 0 Å². The number of hydrogen-bond donors (Lipinski definition) is 0. The molecule has 1 saturated heterocycles. The zero-order valence-electron chi connectivity index (χ0n) is 26.5. The van der Waals surface area contributed by atoms with E-state index in [0.29, 0.717) is 47.3 Å². The maximum atomic E-state index is 12.6. The van der Waals surface area contributed by atoms with Gasteiger partial charge in [0.15, 0.2) is 11.5 Å². The van der Waals surface area contributed by atoms with Gasteiger partial charge < -0.3 is 24.0 Å². The molecule has 1 heterocycles. The molecule has 1 aliphatic carbocycles. The first-order valence-electron chi connectivity index (χ1n) is 15.9. The average molecular weight is 596 g/mol. The van der Waals surface area contributed by atoms with Gasteiger partial charge in [-0.15, -0.1) is 0 Å². The Kier molecular flexibility index (Phi) is 10.4. The zero-order chi connectivity index (χ0) is 31.1. The Hall–Kier alpha value is -4.02. The van der Waals surface area contributed by atoms with E-state index in [4.69, 9.17) is 14.2 Å². The molecule has 2 fully saturated rings. The average Bonchev–Trinajstić information content (AvgIpc) is 3.33. The summed E-state index contributed by atoms with van der Waals surface area (Å²) in [6, 6.07) is 24.5. The van der Waals surface area contributed by atoms with Gasteiger partial charge >= 0.3 is 0 Å². The summed E-state index contributed by atoms with van der Waals surface area (Å²) in [5.74, 6) is 3.57. The first-order chi connectivity index (χ1) is 21.4. The number of hydrogen-bond acceptors (Lipinski definition) is 6. The Morgan fingerprint density at radius 1 is 0.977 bits per heavy atom. The fraction of sp³-hybridized carbons (Fsp3) is 0.459. The summed E-state index contributed by atoms with van der Waals surface area (Å²) in [4.78, 5) is 17.3. The van der Waals surface area contributed by atoms with E-state index >= 15 is 0 Å². The van der Waals surface area contributed by atoms with Gasteiger partial charge in [0, 0.05) is 31.1 Å². The molecule has 3 aromatic carbocycles. The lowest BCUT2D eigenvalue weighted by Gasteiger charge is -2.42. The third-order valence-corrected chi connectivity index (χ3v) is 9.35. The molecule has 2 bridgehead atoms. The highest BCUT2D eigenvalue weighted by atomic mass is 16.5. The molecule has 44 heavy (non-hydrogen) atoms. The Labute approximate surface area is 262 Å². The summed E-state index contributed by atoms with van der Waals surface area (Å²) in [6.45, 7) is 4.84. The van der Waals surface area contributed by atoms with E-state index in [1.807, 2.05) is 60.7 Å². The van der Waals surface area contributed by atoms with Crippen molar-refractivity contribution in [3.63, 3.8) is 0 Å². The molecule has 1 amide bonds. The molecule has 0 N–H and O–H groups in total. The van der Waals surface area contributed by atoms with Crippen molar-refractivity contribution in [3.05, 3.63) is 77.9 Å². The number of methoxy groups -OCH3 is 2. The Morgan fingerprint density at radius 2 is 1.68 bits per heavy atom. The lowest BCUT2D eigenvalue weighted by atomic mass is 9.90. The summed E-state index contributed by atoms with van der Waals surface area (Å²) < 4.78 is 17.8. The number of para-hydroxylation sites is 1. The van der Waals surface area contributed by atoms with Crippen molar-refractivity contribution in [1.82, 2.24) is 9.80 Å². The molecule has 0 spiro atoms. The van der Waals surface area contributed by atoms with Gasteiger partial charge in [-0.3, -0.25) is 4.79 Å². The van der Waals surface area contributed by atoms with Gasteiger partial charge in [-0.2, -0.15) is 5.26 Å². The van der Waals surface area contributed by atoms with E-state index in [1.54, 1.807) is 14.2 Å². The predicted octanol–water partition coefficient (Wildman–Crippen LogP) is 7.11. The number of amides is 1. The molecule has 1 saturated carbocycles. The van der Waals surface area contributed by atoms with Crippen LogP contribution in [0.5, 0.6) is 17.2 Å². The van der Waals surface area contributed by atoms with E-state index in [-0.39, 0.29) is 6.10 Å². The minimum Gasteiger partial charge on any atom is -0.493 e. The first-order valence-corrected chi connectivity index (χ1v) is 15.9. The molecular formula is C37H45N3O4. The second kappa shape index (κ2) is 14.6. The van der Waals surface area contributed by atoms with Crippen LogP contribution in [0.15, 0.2) is 66.7 Å². The number of nitrogens with zero attached hydrogens (tertiary/aromatic N) is 3. The summed E-state index contributed by atoms with van der Waals surface area (Å²) in [5, 5.41) is 9.36. The minimum absolute atomic E-state index is 0.178. The minimum atomic E-state index is -0.178. The highest BCUT2D eigenvalue weighted by molar-refractivity contribution is 5.76. The second-order valence-corrected chi connectivity index (χ2v) is 12.2. The lowest BCUT2D eigenvalue weighted by molar-refractivity contribution is -0.134. The molecule has 3 unspecified atom stereocenters. The lowest BCUT2D eigenvalue weighted by Crippen LogP contribution is -2.53. The van der Waals surface area contributed by atoms with E-state index in [9.17, 15) is 10.1 Å². The van der Waals surface area contributed by atoms with Crippen LogP contribution in [0.3, 0.4) is 0 Å². The molecule has 3 atom stereocenters. The molecular weight excluding hydrogens is 550 g/mol.